The molecule has 3 rings (SSSR count). The van der Waals surface area contributed by atoms with Crippen LogP contribution in [0.1, 0.15) is 41.7 Å². The Balaban J connectivity index is 1.84. The number of amides is 1. The summed E-state index contributed by atoms with van der Waals surface area (Å²) < 4.78 is 11.4. The molecule has 1 aromatic carbocycles. The Morgan fingerprint density at radius 3 is 2.65 bits per heavy atom. The molecule has 26 heavy (non-hydrogen) atoms. The summed E-state index contributed by atoms with van der Waals surface area (Å²) in [6, 6.07) is 5.08. The van der Waals surface area contributed by atoms with E-state index in [2.05, 4.69) is 10.3 Å². The largest absolute Gasteiger partial charge is 0.493 e. The topological polar surface area (TPSA) is 60.5 Å². The number of hydrogen-bond donors (Lipinski definition) is 1. The lowest BCUT2D eigenvalue weighted by atomic mass is 10.1. The maximum atomic E-state index is 12.7. The fourth-order valence-electron chi connectivity index (χ4n) is 2.96. The Labute approximate surface area is 162 Å². The normalized spacial score (nSPS) is 14.3. The van der Waals surface area contributed by atoms with Crippen molar-refractivity contribution in [2.75, 3.05) is 12.4 Å². The van der Waals surface area contributed by atoms with E-state index in [9.17, 15) is 4.79 Å². The van der Waals surface area contributed by atoms with Gasteiger partial charge in [-0.25, -0.2) is 0 Å². The summed E-state index contributed by atoms with van der Waals surface area (Å²) in [6.45, 7) is 1.75. The lowest BCUT2D eigenvalue weighted by Crippen LogP contribution is -2.15. The van der Waals surface area contributed by atoms with E-state index in [1.54, 1.807) is 32.2 Å². The zero-order valence-corrected chi connectivity index (χ0v) is 16.2. The summed E-state index contributed by atoms with van der Waals surface area (Å²) in [4.78, 5) is 16.7. The molecule has 138 valence electrons. The summed E-state index contributed by atoms with van der Waals surface area (Å²) in [6.07, 6.45) is 5.97. The second-order valence-electron chi connectivity index (χ2n) is 6.22. The molecule has 1 aromatic heterocycles. The number of aryl methyl sites for hydroxylation is 1. The van der Waals surface area contributed by atoms with Crippen LogP contribution in [0.3, 0.4) is 0 Å². The Hall–Kier alpha value is -1.98. The van der Waals surface area contributed by atoms with Gasteiger partial charge in [0.15, 0.2) is 11.5 Å². The van der Waals surface area contributed by atoms with Crippen molar-refractivity contribution in [2.45, 2.75) is 38.7 Å². The van der Waals surface area contributed by atoms with Gasteiger partial charge < -0.3 is 14.8 Å². The van der Waals surface area contributed by atoms with Crippen molar-refractivity contribution < 1.29 is 14.3 Å². The number of nitrogens with zero attached hydrogens (tertiary/aromatic N) is 1. The first-order valence-corrected chi connectivity index (χ1v) is 9.22. The zero-order valence-electron chi connectivity index (χ0n) is 14.6. The molecule has 0 saturated heterocycles. The smallest absolute Gasteiger partial charge is 0.255 e. The molecule has 0 atom stereocenters. The first kappa shape index (κ1) is 18.8. The highest BCUT2D eigenvalue weighted by molar-refractivity contribution is 6.40. The number of halogens is 2. The van der Waals surface area contributed by atoms with Gasteiger partial charge in [-0.3, -0.25) is 9.78 Å². The van der Waals surface area contributed by atoms with E-state index in [4.69, 9.17) is 32.7 Å². The molecule has 1 aliphatic carbocycles. The Kier molecular flexibility index (Phi) is 5.89. The average Bonchev–Trinajstić information content (AvgIpc) is 3.15. The van der Waals surface area contributed by atoms with Gasteiger partial charge >= 0.3 is 0 Å². The summed E-state index contributed by atoms with van der Waals surface area (Å²) in [5, 5.41) is 3.36. The van der Waals surface area contributed by atoms with E-state index < -0.39 is 0 Å². The minimum absolute atomic E-state index is 0.161. The molecule has 1 amide bonds. The highest BCUT2D eigenvalue weighted by atomic mass is 35.5. The lowest BCUT2D eigenvalue weighted by molar-refractivity contribution is 0.102. The quantitative estimate of drug-likeness (QED) is 0.749. The van der Waals surface area contributed by atoms with Crippen LogP contribution in [0.4, 0.5) is 5.69 Å². The molecule has 1 heterocycles. The van der Waals surface area contributed by atoms with E-state index in [-0.39, 0.29) is 17.0 Å². The first-order chi connectivity index (χ1) is 12.5. The van der Waals surface area contributed by atoms with Crippen LogP contribution in [-0.2, 0) is 0 Å². The van der Waals surface area contributed by atoms with Gasteiger partial charge in [-0.15, -0.1) is 0 Å². The Bertz CT molecular complexity index is 821. The van der Waals surface area contributed by atoms with E-state index >= 15 is 0 Å². The number of nitrogens with one attached hydrogen (secondary N) is 1. The van der Waals surface area contributed by atoms with Crippen LogP contribution in [0.2, 0.25) is 10.0 Å². The van der Waals surface area contributed by atoms with Crippen LogP contribution in [-0.4, -0.2) is 24.1 Å². The maximum absolute atomic E-state index is 12.7. The number of carbonyl (C=O) groups is 1. The zero-order chi connectivity index (χ0) is 18.7. The lowest BCUT2D eigenvalue weighted by Gasteiger charge is -2.17. The fraction of sp³-hybridized carbons (Fsp3) is 0.368. The van der Waals surface area contributed by atoms with Crippen LogP contribution in [0.25, 0.3) is 0 Å². The number of anilines is 1. The Morgan fingerprint density at radius 2 is 1.96 bits per heavy atom. The van der Waals surface area contributed by atoms with Crippen molar-refractivity contribution in [2.24, 2.45) is 0 Å². The second-order valence-corrected chi connectivity index (χ2v) is 7.01. The molecule has 7 heteroatoms. The number of ether oxygens (including phenoxy) is 2. The van der Waals surface area contributed by atoms with Crippen LogP contribution in [0, 0.1) is 6.92 Å². The third-order valence-corrected chi connectivity index (χ3v) is 5.16. The van der Waals surface area contributed by atoms with Crippen LogP contribution in [0.15, 0.2) is 24.4 Å². The molecular weight excluding hydrogens is 375 g/mol. The predicted molar refractivity (Wildman–Crippen MR) is 103 cm³/mol. The molecule has 1 saturated carbocycles. The van der Waals surface area contributed by atoms with E-state index in [0.717, 1.165) is 25.7 Å². The molecule has 1 aliphatic rings. The van der Waals surface area contributed by atoms with Crippen molar-refractivity contribution in [3.8, 4) is 11.5 Å². The monoisotopic (exact) mass is 394 g/mol. The number of rotatable bonds is 5. The molecule has 0 aliphatic heterocycles. The van der Waals surface area contributed by atoms with Gasteiger partial charge in [0.05, 0.1) is 34.6 Å². The predicted octanol–water partition coefficient (Wildman–Crippen LogP) is 5.28. The second kappa shape index (κ2) is 8.14. The van der Waals surface area contributed by atoms with Crippen molar-refractivity contribution in [1.82, 2.24) is 4.98 Å². The van der Waals surface area contributed by atoms with Crippen LogP contribution in [0.5, 0.6) is 11.5 Å². The fourth-order valence-corrected chi connectivity index (χ4v) is 3.39. The molecule has 2 aromatic rings. The number of methoxy groups -OCH3 is 1. The Morgan fingerprint density at radius 1 is 1.23 bits per heavy atom. The van der Waals surface area contributed by atoms with Gasteiger partial charge in [-0.05, 0) is 50.8 Å². The highest BCUT2D eigenvalue weighted by Crippen LogP contribution is 2.34. The van der Waals surface area contributed by atoms with Gasteiger partial charge in [-0.1, -0.05) is 23.2 Å². The molecule has 5 nitrogen and oxygen atoms in total. The number of hydrogen-bond acceptors (Lipinski definition) is 4. The molecule has 1 N–H and O–H groups in total. The number of pyridine rings is 1. The SMILES string of the molecule is COc1ccc(C(=O)Nc2c(Cl)cnc(C)c2Cl)cc1OC1CCCC1. The summed E-state index contributed by atoms with van der Waals surface area (Å²) in [5.74, 6) is 0.831. The minimum atomic E-state index is -0.335. The van der Waals surface area contributed by atoms with Crippen molar-refractivity contribution in [1.29, 1.82) is 0 Å². The number of aromatic nitrogens is 1. The van der Waals surface area contributed by atoms with Crippen molar-refractivity contribution >= 4 is 34.8 Å². The van der Waals surface area contributed by atoms with Crippen LogP contribution >= 0.6 is 23.2 Å². The third-order valence-electron chi connectivity index (χ3n) is 4.41. The maximum Gasteiger partial charge on any atom is 0.255 e. The number of benzene rings is 1. The van der Waals surface area contributed by atoms with E-state index in [1.807, 2.05) is 0 Å². The summed E-state index contributed by atoms with van der Waals surface area (Å²) >= 11 is 12.3. The number of carbonyl (C=O) groups excluding carboxylic acids is 1. The van der Waals surface area contributed by atoms with E-state index in [0.29, 0.717) is 33.5 Å². The molecule has 0 bridgehead atoms. The van der Waals surface area contributed by atoms with Gasteiger partial charge in [0.2, 0.25) is 0 Å². The van der Waals surface area contributed by atoms with Crippen LogP contribution < -0.4 is 14.8 Å². The molecular formula is C19H20Cl2N2O3. The van der Waals surface area contributed by atoms with Gasteiger partial charge in [0.25, 0.3) is 5.91 Å². The third kappa shape index (κ3) is 4.05. The van der Waals surface area contributed by atoms with Crippen molar-refractivity contribution in [3.05, 3.63) is 45.7 Å². The average molecular weight is 395 g/mol. The van der Waals surface area contributed by atoms with Gasteiger partial charge in [0.1, 0.15) is 0 Å². The summed E-state index contributed by atoms with van der Waals surface area (Å²) in [5.41, 5.74) is 1.37. The molecule has 0 unspecified atom stereocenters. The first-order valence-electron chi connectivity index (χ1n) is 8.46. The molecule has 0 radical (unpaired) electrons. The summed E-state index contributed by atoms with van der Waals surface area (Å²) in [7, 11) is 1.58. The van der Waals surface area contributed by atoms with E-state index in [1.165, 1.54) is 6.20 Å². The highest BCUT2D eigenvalue weighted by Gasteiger charge is 2.20. The van der Waals surface area contributed by atoms with Crippen molar-refractivity contribution in [3.63, 3.8) is 0 Å². The standard InChI is InChI=1S/C19H20Cl2N2O3/c1-11-17(21)18(14(20)10-22-11)23-19(24)12-7-8-15(25-2)16(9-12)26-13-5-3-4-6-13/h7-10,13H,3-6H2,1-2H3,(H,22,23,24). The molecule has 0 spiro atoms. The molecule has 1 fully saturated rings. The minimum Gasteiger partial charge on any atom is -0.493 e. The van der Waals surface area contributed by atoms with Gasteiger partial charge in [0, 0.05) is 11.8 Å². The van der Waals surface area contributed by atoms with Gasteiger partial charge in [-0.2, -0.15) is 0 Å².